The fourth-order valence-corrected chi connectivity index (χ4v) is 12.7. The Labute approximate surface area is 311 Å². The number of ether oxygens (including phenoxy) is 6. The van der Waals surface area contributed by atoms with Crippen LogP contribution in [-0.4, -0.2) is 146 Å². The normalized spacial score (nSPS) is 59.5. The topological polar surface area (TPSA) is 217 Å². The first-order valence-corrected chi connectivity index (χ1v) is 20.1. The molecule has 14 nitrogen and oxygen atoms in total. The second kappa shape index (κ2) is 13.9. The second-order valence-electron chi connectivity index (χ2n) is 18.4. The van der Waals surface area contributed by atoms with Gasteiger partial charge in [-0.2, -0.15) is 0 Å². The van der Waals surface area contributed by atoms with E-state index in [1.807, 2.05) is 6.92 Å². The lowest BCUT2D eigenvalue weighted by atomic mass is 9.47. The molecule has 1 spiro atoms. The molecule has 0 amide bonds. The largest absolute Gasteiger partial charge is 0.394 e. The van der Waals surface area contributed by atoms with Crippen molar-refractivity contribution in [3.63, 3.8) is 0 Å². The Morgan fingerprint density at radius 1 is 0.811 bits per heavy atom. The van der Waals surface area contributed by atoms with Gasteiger partial charge in [-0.15, -0.1) is 0 Å². The number of aliphatic hydroxyl groups excluding tert-OH is 8. The summed E-state index contributed by atoms with van der Waals surface area (Å²) >= 11 is 0. The summed E-state index contributed by atoms with van der Waals surface area (Å²) in [7, 11) is 0. The first kappa shape index (κ1) is 39.0. The number of allylic oxidation sites excluding steroid dienone is 1. The van der Waals surface area contributed by atoms with E-state index in [0.29, 0.717) is 37.2 Å². The van der Waals surface area contributed by atoms with Crippen molar-refractivity contribution >= 4 is 0 Å². The molecule has 7 fully saturated rings. The summed E-state index contributed by atoms with van der Waals surface area (Å²) in [5.74, 6) is 0.276. The van der Waals surface area contributed by atoms with Crippen LogP contribution in [0.5, 0.6) is 0 Å². The highest BCUT2D eigenvalue weighted by Gasteiger charge is 2.71. The van der Waals surface area contributed by atoms with Crippen molar-refractivity contribution in [2.24, 2.45) is 46.3 Å². The number of fused-ring (bicyclic) bond motifs is 7. The Hall–Kier alpha value is -0.820. The molecule has 302 valence electrons. The molecule has 0 aromatic carbocycles. The molecule has 8 rings (SSSR count). The molecule has 8 N–H and O–H groups in total. The maximum absolute atomic E-state index is 11.3. The van der Waals surface area contributed by atoms with Gasteiger partial charge in [-0.25, -0.2) is 0 Å². The van der Waals surface area contributed by atoms with Crippen LogP contribution in [0, 0.1) is 46.3 Å². The average Bonchev–Trinajstić information content (AvgIpc) is 3.59. The summed E-state index contributed by atoms with van der Waals surface area (Å²) in [4.78, 5) is 0. The Morgan fingerprint density at radius 3 is 2.30 bits per heavy atom. The van der Waals surface area contributed by atoms with Gasteiger partial charge >= 0.3 is 0 Å². The third kappa shape index (κ3) is 5.87. The van der Waals surface area contributed by atoms with Gasteiger partial charge in [0.1, 0.15) is 48.8 Å². The highest BCUT2D eigenvalue weighted by atomic mass is 16.8. The zero-order valence-corrected chi connectivity index (χ0v) is 31.5. The van der Waals surface area contributed by atoms with Gasteiger partial charge in [0.15, 0.2) is 18.4 Å². The van der Waals surface area contributed by atoms with Gasteiger partial charge in [0, 0.05) is 11.8 Å². The Bertz CT molecular complexity index is 1380. The molecule has 4 saturated heterocycles. The predicted molar refractivity (Wildman–Crippen MR) is 184 cm³/mol. The van der Waals surface area contributed by atoms with Crippen molar-refractivity contribution in [3.8, 4) is 0 Å². The fourth-order valence-electron chi connectivity index (χ4n) is 12.7. The first-order chi connectivity index (χ1) is 25.1. The van der Waals surface area contributed by atoms with Crippen LogP contribution in [-0.2, 0) is 28.4 Å². The van der Waals surface area contributed by atoms with E-state index in [2.05, 4.69) is 26.8 Å². The van der Waals surface area contributed by atoms with E-state index < -0.39 is 86.0 Å². The molecule has 0 bridgehead atoms. The standard InChI is InChI=1S/C39H62O14/c1-16-15-48-39(34(47)27(16)41)17(2)26-24(53-39)13-23-21-7-6-19-12-20(8-10-37(19,4)22(21)9-11-38(23,26)5)50-36-33(31(45)29(43)25(14-40)51-36)52-35-32(46)30(44)28(42)18(3)49-35/h6,16-18,20-36,40-47H,7-15H2,1-5H3/t16-,17-,18-,20-,21+,22-,23-,24-,25+,26-,27+,28-,29+,30+,31-,32+,33+,34-,35-,36+,37-,38-,39-/m0/s1. The first-order valence-electron chi connectivity index (χ1n) is 20.1. The van der Waals surface area contributed by atoms with Crippen molar-refractivity contribution < 1.29 is 69.3 Å². The summed E-state index contributed by atoms with van der Waals surface area (Å²) in [6, 6.07) is 0. The Morgan fingerprint density at radius 2 is 1.57 bits per heavy atom. The third-order valence-corrected chi connectivity index (χ3v) is 15.8. The van der Waals surface area contributed by atoms with Crippen LogP contribution in [0.15, 0.2) is 11.6 Å². The molecule has 4 heterocycles. The van der Waals surface area contributed by atoms with Gasteiger partial charge < -0.3 is 69.3 Å². The van der Waals surface area contributed by atoms with Crippen LogP contribution in [0.25, 0.3) is 0 Å². The molecular formula is C39H62O14. The summed E-state index contributed by atoms with van der Waals surface area (Å²) in [6.07, 6.45) is -7.25. The molecule has 53 heavy (non-hydrogen) atoms. The van der Waals surface area contributed by atoms with Crippen LogP contribution in [0.3, 0.4) is 0 Å². The lowest BCUT2D eigenvalue weighted by molar-refractivity contribution is -0.369. The molecule has 14 heteroatoms. The Kier molecular flexibility index (Phi) is 10.3. The summed E-state index contributed by atoms with van der Waals surface area (Å²) in [6.45, 7) is 10.2. The van der Waals surface area contributed by atoms with Gasteiger partial charge in [0.25, 0.3) is 0 Å². The number of hydrogen-bond donors (Lipinski definition) is 8. The quantitative estimate of drug-likeness (QED) is 0.178. The minimum Gasteiger partial charge on any atom is -0.394 e. The van der Waals surface area contributed by atoms with Gasteiger partial charge in [0.2, 0.25) is 0 Å². The predicted octanol–water partition coefficient (Wildman–Crippen LogP) is 0.332. The molecule has 0 unspecified atom stereocenters. The van der Waals surface area contributed by atoms with Crippen molar-refractivity contribution in [1.82, 2.24) is 0 Å². The molecule has 3 saturated carbocycles. The molecule has 4 aliphatic heterocycles. The van der Waals surface area contributed by atoms with Crippen LogP contribution in [0.1, 0.15) is 79.6 Å². The number of rotatable bonds is 5. The monoisotopic (exact) mass is 754 g/mol. The van der Waals surface area contributed by atoms with Gasteiger partial charge in [-0.3, -0.25) is 0 Å². The zero-order chi connectivity index (χ0) is 37.9. The highest BCUT2D eigenvalue weighted by molar-refractivity contribution is 5.26. The fraction of sp³-hybridized carbons (Fsp3) is 0.949. The van der Waals surface area contributed by atoms with Crippen molar-refractivity contribution in [3.05, 3.63) is 11.6 Å². The van der Waals surface area contributed by atoms with Crippen LogP contribution < -0.4 is 0 Å². The third-order valence-electron chi connectivity index (χ3n) is 15.8. The van der Waals surface area contributed by atoms with E-state index in [1.54, 1.807) is 0 Å². The minimum atomic E-state index is -1.63. The molecule has 4 aliphatic carbocycles. The minimum absolute atomic E-state index is 0.0252. The van der Waals surface area contributed by atoms with Gasteiger partial charge in [-0.1, -0.05) is 39.3 Å². The molecule has 0 radical (unpaired) electrons. The molecule has 23 atom stereocenters. The van der Waals surface area contributed by atoms with E-state index in [4.69, 9.17) is 28.4 Å². The molecule has 0 aromatic rings. The smallest absolute Gasteiger partial charge is 0.200 e. The lowest BCUT2D eigenvalue weighted by Gasteiger charge is -2.59. The van der Waals surface area contributed by atoms with E-state index in [-0.39, 0.29) is 40.8 Å². The van der Waals surface area contributed by atoms with E-state index in [9.17, 15) is 40.9 Å². The molecule has 0 aromatic heterocycles. The van der Waals surface area contributed by atoms with E-state index in [1.165, 1.54) is 12.5 Å². The van der Waals surface area contributed by atoms with Crippen LogP contribution >= 0.6 is 0 Å². The van der Waals surface area contributed by atoms with Gasteiger partial charge in [-0.05, 0) is 86.4 Å². The van der Waals surface area contributed by atoms with E-state index >= 15 is 0 Å². The molecular weight excluding hydrogens is 692 g/mol. The summed E-state index contributed by atoms with van der Waals surface area (Å²) in [5, 5.41) is 85.0. The zero-order valence-electron chi connectivity index (χ0n) is 31.5. The van der Waals surface area contributed by atoms with Crippen molar-refractivity contribution in [2.75, 3.05) is 13.2 Å². The highest BCUT2D eigenvalue weighted by Crippen LogP contribution is 2.70. The van der Waals surface area contributed by atoms with Crippen LogP contribution in [0.4, 0.5) is 0 Å². The maximum Gasteiger partial charge on any atom is 0.200 e. The summed E-state index contributed by atoms with van der Waals surface area (Å²) < 4.78 is 37.1. The molecule has 8 aliphatic rings. The Balaban J connectivity index is 0.969. The summed E-state index contributed by atoms with van der Waals surface area (Å²) in [5.41, 5.74) is 1.34. The maximum atomic E-state index is 11.3. The number of aliphatic hydroxyl groups is 8. The SMILES string of the molecule is C[C@@H]1O[C@@H](O[C@H]2[C@H](O[C@H]3CC[C@@]4(C)C(=CC[C@H]5[C@@H]6C[C@@H]7O[C@@]8(OC[C@H](C)[C@@H](O)[C@@H]8O)[C@@H](C)[C@@H]7[C@@]6(C)CC[C@@H]54)C3)O[C@H](CO)[C@@H](O)[C@@H]2O)[C@H](O)[C@H](O)[C@H]1O. The van der Waals surface area contributed by atoms with Crippen LogP contribution in [0.2, 0.25) is 0 Å². The number of hydrogen-bond acceptors (Lipinski definition) is 14. The lowest BCUT2D eigenvalue weighted by Crippen LogP contribution is -2.64. The second-order valence-corrected chi connectivity index (χ2v) is 18.4. The van der Waals surface area contributed by atoms with Crippen molar-refractivity contribution in [1.29, 1.82) is 0 Å². The van der Waals surface area contributed by atoms with Crippen molar-refractivity contribution in [2.45, 2.75) is 171 Å². The average molecular weight is 755 g/mol. The van der Waals surface area contributed by atoms with E-state index in [0.717, 1.165) is 32.1 Å². The van der Waals surface area contributed by atoms with Gasteiger partial charge in [0.05, 0.1) is 37.6 Å².